The summed E-state index contributed by atoms with van der Waals surface area (Å²) < 4.78 is 17.2. The maximum Gasteiger partial charge on any atom is 0.203 e. The first kappa shape index (κ1) is 12.9. The van der Waals surface area contributed by atoms with Gasteiger partial charge in [0.1, 0.15) is 25.0 Å². The molecule has 6 heteroatoms. The summed E-state index contributed by atoms with van der Waals surface area (Å²) in [5.74, 6) is 2.46. The van der Waals surface area contributed by atoms with Gasteiger partial charge in [-0.2, -0.15) is 5.26 Å². The minimum atomic E-state index is 0.308. The highest BCUT2D eigenvalue weighted by Gasteiger charge is 2.15. The molecular weight excluding hydrogens is 324 g/mol. The molecular formula is C14H11BrN2O3. The van der Waals surface area contributed by atoms with Crippen LogP contribution in [0.2, 0.25) is 0 Å². The quantitative estimate of drug-likeness (QED) is 0.932. The van der Waals surface area contributed by atoms with Crippen molar-refractivity contribution in [2.24, 2.45) is 0 Å². The molecule has 0 saturated heterocycles. The number of benzene rings is 1. The Morgan fingerprint density at radius 3 is 2.65 bits per heavy atom. The summed E-state index contributed by atoms with van der Waals surface area (Å²) in [6.07, 6.45) is 0. The fourth-order valence-corrected chi connectivity index (χ4v) is 2.38. The summed E-state index contributed by atoms with van der Waals surface area (Å²) in [5, 5.41) is 11.9. The molecule has 0 unspecified atom stereocenters. The van der Waals surface area contributed by atoms with Gasteiger partial charge in [0, 0.05) is 16.6 Å². The molecule has 20 heavy (non-hydrogen) atoms. The lowest BCUT2D eigenvalue weighted by Gasteiger charge is -2.20. The molecule has 1 N–H and O–H groups in total. The first-order valence-electron chi connectivity index (χ1n) is 6.08. The Morgan fingerprint density at radius 1 is 1.20 bits per heavy atom. The smallest absolute Gasteiger partial charge is 0.203 e. The van der Waals surface area contributed by atoms with E-state index in [1.54, 1.807) is 12.1 Å². The molecule has 5 nitrogen and oxygen atoms in total. The van der Waals surface area contributed by atoms with E-state index in [-0.39, 0.29) is 0 Å². The van der Waals surface area contributed by atoms with Crippen LogP contribution in [0.15, 0.2) is 33.2 Å². The lowest BCUT2D eigenvalue weighted by atomic mass is 10.2. The number of furan rings is 1. The molecule has 1 aliphatic rings. The first-order chi connectivity index (χ1) is 9.76. The molecule has 0 radical (unpaired) electrons. The summed E-state index contributed by atoms with van der Waals surface area (Å²) >= 11 is 3.49. The van der Waals surface area contributed by atoms with Crippen LogP contribution in [0.5, 0.6) is 11.5 Å². The Balaban J connectivity index is 1.75. The molecule has 1 aromatic heterocycles. The zero-order chi connectivity index (χ0) is 13.9. The van der Waals surface area contributed by atoms with Gasteiger partial charge in [-0.3, -0.25) is 0 Å². The van der Waals surface area contributed by atoms with Crippen molar-refractivity contribution in [1.29, 1.82) is 5.26 Å². The van der Waals surface area contributed by atoms with E-state index in [0.717, 1.165) is 21.7 Å². The van der Waals surface area contributed by atoms with Crippen LogP contribution in [0.25, 0.3) is 0 Å². The maximum absolute atomic E-state index is 8.71. The molecule has 2 aromatic rings. The number of nitriles is 1. The van der Waals surface area contributed by atoms with Crippen LogP contribution in [-0.4, -0.2) is 13.2 Å². The van der Waals surface area contributed by atoms with E-state index in [0.29, 0.717) is 31.3 Å². The van der Waals surface area contributed by atoms with E-state index in [4.69, 9.17) is 19.2 Å². The van der Waals surface area contributed by atoms with Crippen molar-refractivity contribution in [3.05, 3.63) is 40.3 Å². The number of hydrogen-bond donors (Lipinski definition) is 1. The Morgan fingerprint density at radius 2 is 1.95 bits per heavy atom. The van der Waals surface area contributed by atoms with Gasteiger partial charge in [0.05, 0.1) is 12.2 Å². The maximum atomic E-state index is 8.71. The molecule has 0 saturated carbocycles. The average molecular weight is 335 g/mol. The molecule has 1 aromatic carbocycles. The van der Waals surface area contributed by atoms with Gasteiger partial charge in [-0.05, 0) is 28.1 Å². The number of rotatable bonds is 3. The van der Waals surface area contributed by atoms with Gasteiger partial charge in [-0.25, -0.2) is 0 Å². The Bertz CT molecular complexity index is 676. The third kappa shape index (κ3) is 2.58. The third-order valence-corrected chi connectivity index (χ3v) is 3.51. The summed E-state index contributed by atoms with van der Waals surface area (Å²) in [4.78, 5) is 0. The van der Waals surface area contributed by atoms with E-state index in [2.05, 4.69) is 21.2 Å². The SMILES string of the molecule is N#Cc1ccc(CNc2cc3c(cc2Br)OCCO3)o1. The Hall–Kier alpha value is -2.13. The molecule has 0 spiro atoms. The number of anilines is 1. The van der Waals surface area contributed by atoms with Gasteiger partial charge in [-0.1, -0.05) is 0 Å². The van der Waals surface area contributed by atoms with Crippen LogP contribution in [0.3, 0.4) is 0 Å². The molecule has 0 amide bonds. The van der Waals surface area contributed by atoms with E-state index in [1.165, 1.54) is 0 Å². The van der Waals surface area contributed by atoms with Gasteiger partial charge in [-0.15, -0.1) is 0 Å². The largest absolute Gasteiger partial charge is 0.486 e. The van der Waals surface area contributed by atoms with Crippen molar-refractivity contribution in [2.45, 2.75) is 6.54 Å². The molecule has 0 atom stereocenters. The second-order valence-corrected chi connectivity index (χ2v) is 5.06. The zero-order valence-corrected chi connectivity index (χ0v) is 12.1. The lowest BCUT2D eigenvalue weighted by molar-refractivity contribution is 0.171. The van der Waals surface area contributed by atoms with E-state index in [1.807, 2.05) is 18.2 Å². The van der Waals surface area contributed by atoms with Crippen LogP contribution in [0, 0.1) is 11.3 Å². The highest BCUT2D eigenvalue weighted by Crippen LogP contribution is 2.38. The van der Waals surface area contributed by atoms with Crippen molar-refractivity contribution in [1.82, 2.24) is 0 Å². The second-order valence-electron chi connectivity index (χ2n) is 4.21. The molecule has 3 rings (SSSR count). The number of nitrogens with one attached hydrogen (secondary N) is 1. The standard InChI is InChI=1S/C14H11BrN2O3/c15-11-5-13-14(19-4-3-18-13)6-12(11)17-8-10-2-1-9(7-16)20-10/h1-2,5-6,17H,3-4,8H2. The van der Waals surface area contributed by atoms with Crippen molar-refractivity contribution in [3.8, 4) is 17.6 Å². The zero-order valence-electron chi connectivity index (χ0n) is 10.5. The van der Waals surface area contributed by atoms with Crippen LogP contribution in [0.1, 0.15) is 11.5 Å². The summed E-state index contributed by atoms with van der Waals surface area (Å²) in [6, 6.07) is 9.14. The third-order valence-electron chi connectivity index (χ3n) is 2.86. The Kier molecular flexibility index (Phi) is 3.52. The molecule has 0 fully saturated rings. The van der Waals surface area contributed by atoms with Crippen molar-refractivity contribution in [3.63, 3.8) is 0 Å². The lowest BCUT2D eigenvalue weighted by Crippen LogP contribution is -2.15. The number of halogens is 1. The van der Waals surface area contributed by atoms with Crippen molar-refractivity contribution >= 4 is 21.6 Å². The van der Waals surface area contributed by atoms with Gasteiger partial charge < -0.3 is 19.2 Å². The number of hydrogen-bond acceptors (Lipinski definition) is 5. The predicted octanol–water partition coefficient (Wildman–Crippen LogP) is 3.30. The molecule has 0 aliphatic carbocycles. The van der Waals surface area contributed by atoms with Crippen molar-refractivity contribution in [2.75, 3.05) is 18.5 Å². The van der Waals surface area contributed by atoms with Crippen LogP contribution >= 0.6 is 15.9 Å². The van der Waals surface area contributed by atoms with E-state index in [9.17, 15) is 0 Å². The minimum absolute atomic E-state index is 0.308. The molecule has 2 heterocycles. The van der Waals surface area contributed by atoms with Gasteiger partial charge >= 0.3 is 0 Å². The minimum Gasteiger partial charge on any atom is -0.486 e. The normalized spacial score (nSPS) is 12.8. The second kappa shape index (κ2) is 5.47. The van der Waals surface area contributed by atoms with Gasteiger partial charge in [0.15, 0.2) is 11.5 Å². The number of ether oxygens (including phenoxy) is 2. The number of nitrogens with zero attached hydrogens (tertiary/aromatic N) is 1. The summed E-state index contributed by atoms with van der Waals surface area (Å²) in [5.41, 5.74) is 0.879. The van der Waals surface area contributed by atoms with Gasteiger partial charge in [0.25, 0.3) is 0 Å². The molecule has 0 bridgehead atoms. The number of fused-ring (bicyclic) bond motifs is 1. The average Bonchev–Trinajstić information content (AvgIpc) is 2.93. The molecule has 1 aliphatic heterocycles. The highest BCUT2D eigenvalue weighted by molar-refractivity contribution is 9.10. The molecule has 102 valence electrons. The topological polar surface area (TPSA) is 67.4 Å². The fraction of sp³-hybridized carbons (Fsp3) is 0.214. The van der Waals surface area contributed by atoms with Crippen LogP contribution in [-0.2, 0) is 6.54 Å². The predicted molar refractivity (Wildman–Crippen MR) is 75.9 cm³/mol. The van der Waals surface area contributed by atoms with Crippen molar-refractivity contribution < 1.29 is 13.9 Å². The summed E-state index contributed by atoms with van der Waals surface area (Å²) in [7, 11) is 0. The van der Waals surface area contributed by atoms with Gasteiger partial charge in [0.2, 0.25) is 5.76 Å². The van der Waals surface area contributed by atoms with E-state index >= 15 is 0 Å². The monoisotopic (exact) mass is 334 g/mol. The highest BCUT2D eigenvalue weighted by atomic mass is 79.9. The van der Waals surface area contributed by atoms with E-state index < -0.39 is 0 Å². The fourth-order valence-electron chi connectivity index (χ4n) is 1.91. The Labute approximate surface area is 124 Å². The first-order valence-corrected chi connectivity index (χ1v) is 6.87. The summed E-state index contributed by atoms with van der Waals surface area (Å²) in [6.45, 7) is 1.60. The van der Waals surface area contributed by atoms with Crippen LogP contribution < -0.4 is 14.8 Å². The van der Waals surface area contributed by atoms with Crippen LogP contribution in [0.4, 0.5) is 5.69 Å².